The van der Waals surface area contributed by atoms with Crippen LogP contribution in [-0.4, -0.2) is 16.0 Å². The SMILES string of the molecule is O=C1S/C(=C/c2ccc(OCc3ccc(Cl)cc3Cl)cc2)C(=O)N1Cc1ccc(Cl)c(Cl)c1. The molecule has 0 N–H and O–H groups in total. The van der Waals surface area contributed by atoms with Crippen LogP contribution in [0.15, 0.2) is 65.6 Å². The van der Waals surface area contributed by atoms with Gasteiger partial charge in [-0.05, 0) is 65.4 Å². The summed E-state index contributed by atoms with van der Waals surface area (Å²) in [7, 11) is 0. The molecule has 0 aliphatic carbocycles. The number of amides is 2. The van der Waals surface area contributed by atoms with E-state index in [0.717, 1.165) is 28.5 Å². The van der Waals surface area contributed by atoms with Crippen LogP contribution in [0.3, 0.4) is 0 Å². The summed E-state index contributed by atoms with van der Waals surface area (Å²) >= 11 is 24.9. The van der Waals surface area contributed by atoms with E-state index in [1.807, 2.05) is 18.2 Å². The molecule has 1 aliphatic rings. The maximum atomic E-state index is 12.8. The normalized spacial score (nSPS) is 14.9. The lowest BCUT2D eigenvalue weighted by atomic mass is 10.2. The molecule has 3 aromatic carbocycles. The Bertz CT molecular complexity index is 1260. The molecule has 2 amide bonds. The standard InChI is InChI=1S/C24H15Cl4NO3S/c25-17-5-4-16(20(27)11-17)13-32-18-6-1-14(2-7-18)10-22-23(30)29(24(31)33-22)12-15-3-8-19(26)21(28)9-15/h1-11H,12-13H2/b22-10+. The quantitative estimate of drug-likeness (QED) is 0.297. The summed E-state index contributed by atoms with van der Waals surface area (Å²) in [5, 5.41) is 1.55. The van der Waals surface area contributed by atoms with Gasteiger partial charge >= 0.3 is 0 Å². The lowest BCUT2D eigenvalue weighted by Gasteiger charge is -2.13. The van der Waals surface area contributed by atoms with E-state index in [0.29, 0.717) is 37.4 Å². The molecule has 9 heteroatoms. The highest BCUT2D eigenvalue weighted by molar-refractivity contribution is 8.18. The van der Waals surface area contributed by atoms with Crippen molar-refractivity contribution in [3.8, 4) is 5.75 Å². The summed E-state index contributed by atoms with van der Waals surface area (Å²) in [6.07, 6.45) is 1.68. The molecule has 0 radical (unpaired) electrons. The Labute approximate surface area is 215 Å². The van der Waals surface area contributed by atoms with Gasteiger partial charge in [0.2, 0.25) is 0 Å². The zero-order chi connectivity index (χ0) is 23.5. The minimum absolute atomic E-state index is 0.124. The molecular weight excluding hydrogens is 524 g/mol. The van der Waals surface area contributed by atoms with Gasteiger partial charge < -0.3 is 4.74 Å². The van der Waals surface area contributed by atoms with Gasteiger partial charge in [0.1, 0.15) is 12.4 Å². The summed E-state index contributed by atoms with van der Waals surface area (Å²) in [6, 6.07) is 17.4. The first-order valence-electron chi connectivity index (χ1n) is 9.66. The Morgan fingerprint density at radius 2 is 1.61 bits per heavy atom. The van der Waals surface area contributed by atoms with Crippen molar-refractivity contribution in [3.05, 3.63) is 102 Å². The minimum Gasteiger partial charge on any atom is -0.489 e. The highest BCUT2D eigenvalue weighted by Gasteiger charge is 2.35. The van der Waals surface area contributed by atoms with Gasteiger partial charge in [-0.1, -0.05) is 70.7 Å². The van der Waals surface area contributed by atoms with Crippen molar-refractivity contribution in [2.75, 3.05) is 0 Å². The molecule has 1 saturated heterocycles. The van der Waals surface area contributed by atoms with Crippen LogP contribution in [0.2, 0.25) is 20.1 Å². The third kappa shape index (κ3) is 5.86. The molecule has 4 nitrogen and oxygen atoms in total. The van der Waals surface area contributed by atoms with E-state index >= 15 is 0 Å². The molecule has 0 saturated carbocycles. The monoisotopic (exact) mass is 537 g/mol. The van der Waals surface area contributed by atoms with Crippen LogP contribution in [0.1, 0.15) is 16.7 Å². The van der Waals surface area contributed by atoms with Gasteiger partial charge in [-0.25, -0.2) is 0 Å². The molecule has 0 aromatic heterocycles. The fraction of sp³-hybridized carbons (Fsp3) is 0.0833. The number of rotatable bonds is 6. The number of thioether (sulfide) groups is 1. The molecule has 1 aliphatic heterocycles. The fourth-order valence-corrected chi connectivity index (χ4v) is 4.69. The van der Waals surface area contributed by atoms with Gasteiger partial charge in [0, 0.05) is 15.6 Å². The zero-order valence-corrected chi connectivity index (χ0v) is 20.7. The van der Waals surface area contributed by atoms with Crippen LogP contribution in [0.5, 0.6) is 5.75 Å². The minimum atomic E-state index is -0.353. The van der Waals surface area contributed by atoms with Crippen LogP contribution < -0.4 is 4.74 Å². The molecule has 1 fully saturated rings. The Hall–Kier alpha value is -2.15. The Balaban J connectivity index is 1.41. The predicted molar refractivity (Wildman–Crippen MR) is 135 cm³/mol. The van der Waals surface area contributed by atoms with Gasteiger partial charge in [-0.2, -0.15) is 0 Å². The van der Waals surface area contributed by atoms with Crippen molar-refractivity contribution in [2.24, 2.45) is 0 Å². The molecule has 0 unspecified atom stereocenters. The molecule has 168 valence electrons. The van der Waals surface area contributed by atoms with Crippen molar-refractivity contribution < 1.29 is 14.3 Å². The van der Waals surface area contributed by atoms with E-state index in [1.165, 1.54) is 4.90 Å². The maximum absolute atomic E-state index is 12.8. The first-order chi connectivity index (χ1) is 15.8. The first kappa shape index (κ1) is 24.0. The number of halogens is 4. The van der Waals surface area contributed by atoms with E-state index in [1.54, 1.807) is 48.5 Å². The maximum Gasteiger partial charge on any atom is 0.293 e. The van der Waals surface area contributed by atoms with Crippen LogP contribution in [0.4, 0.5) is 4.79 Å². The smallest absolute Gasteiger partial charge is 0.293 e. The predicted octanol–water partition coefficient (Wildman–Crippen LogP) is 8.12. The van der Waals surface area contributed by atoms with Crippen molar-refractivity contribution >= 4 is 75.4 Å². The molecule has 33 heavy (non-hydrogen) atoms. The van der Waals surface area contributed by atoms with Crippen molar-refractivity contribution in [3.63, 3.8) is 0 Å². The second-order valence-corrected chi connectivity index (χ2v) is 9.76. The van der Waals surface area contributed by atoms with Crippen LogP contribution in [0.25, 0.3) is 6.08 Å². The third-order valence-electron chi connectivity index (χ3n) is 4.79. The summed E-state index contributed by atoms with van der Waals surface area (Å²) in [5.74, 6) is 0.291. The largest absolute Gasteiger partial charge is 0.489 e. The Kier molecular flexibility index (Phi) is 7.57. The molecule has 0 bridgehead atoms. The number of nitrogens with zero attached hydrogens (tertiary/aromatic N) is 1. The van der Waals surface area contributed by atoms with Gasteiger partial charge in [0.05, 0.1) is 21.5 Å². The molecule has 4 rings (SSSR count). The lowest BCUT2D eigenvalue weighted by molar-refractivity contribution is -0.123. The number of imide groups is 1. The number of benzene rings is 3. The fourth-order valence-electron chi connectivity index (χ4n) is 3.07. The van der Waals surface area contributed by atoms with Gasteiger partial charge in [0.15, 0.2) is 0 Å². The zero-order valence-electron chi connectivity index (χ0n) is 16.9. The molecule has 3 aromatic rings. The van der Waals surface area contributed by atoms with E-state index < -0.39 is 0 Å². The van der Waals surface area contributed by atoms with Gasteiger partial charge in [0.25, 0.3) is 11.1 Å². The van der Waals surface area contributed by atoms with E-state index in [2.05, 4.69) is 0 Å². The highest BCUT2D eigenvalue weighted by Crippen LogP contribution is 2.34. The summed E-state index contributed by atoms with van der Waals surface area (Å²) in [6.45, 7) is 0.419. The Morgan fingerprint density at radius 3 is 2.30 bits per heavy atom. The first-order valence-corrected chi connectivity index (χ1v) is 12.0. The van der Waals surface area contributed by atoms with Crippen LogP contribution >= 0.6 is 58.2 Å². The number of hydrogen-bond donors (Lipinski definition) is 0. The van der Waals surface area contributed by atoms with E-state index in [9.17, 15) is 9.59 Å². The highest BCUT2D eigenvalue weighted by atomic mass is 35.5. The second-order valence-electron chi connectivity index (χ2n) is 7.11. The topological polar surface area (TPSA) is 46.6 Å². The van der Waals surface area contributed by atoms with Crippen molar-refractivity contribution in [1.29, 1.82) is 0 Å². The average Bonchev–Trinajstić information content (AvgIpc) is 3.04. The lowest BCUT2D eigenvalue weighted by Crippen LogP contribution is -2.27. The summed E-state index contributed by atoms with van der Waals surface area (Å²) in [4.78, 5) is 26.7. The van der Waals surface area contributed by atoms with Crippen molar-refractivity contribution in [2.45, 2.75) is 13.2 Å². The van der Waals surface area contributed by atoms with Gasteiger partial charge in [-0.15, -0.1) is 0 Å². The summed E-state index contributed by atoms with van der Waals surface area (Å²) in [5.41, 5.74) is 2.31. The molecule has 1 heterocycles. The van der Waals surface area contributed by atoms with Gasteiger partial charge in [-0.3, -0.25) is 14.5 Å². The second kappa shape index (κ2) is 10.4. The van der Waals surface area contributed by atoms with E-state index in [4.69, 9.17) is 51.1 Å². The molecule has 0 atom stereocenters. The van der Waals surface area contributed by atoms with Crippen LogP contribution in [0, 0.1) is 0 Å². The summed E-state index contributed by atoms with van der Waals surface area (Å²) < 4.78 is 5.77. The number of carbonyl (C=O) groups excluding carboxylic acids is 2. The molecular formula is C24H15Cl4NO3S. The third-order valence-corrected chi connectivity index (χ3v) is 7.02. The molecule has 0 spiro atoms. The number of ether oxygens (including phenoxy) is 1. The number of carbonyl (C=O) groups is 2. The Morgan fingerprint density at radius 1 is 0.848 bits per heavy atom. The number of hydrogen-bond acceptors (Lipinski definition) is 4. The van der Waals surface area contributed by atoms with Crippen molar-refractivity contribution in [1.82, 2.24) is 4.90 Å². The van der Waals surface area contributed by atoms with E-state index in [-0.39, 0.29) is 17.7 Å². The van der Waals surface area contributed by atoms with Crippen LogP contribution in [-0.2, 0) is 17.9 Å². The average molecular weight is 539 g/mol.